The van der Waals surface area contributed by atoms with Gasteiger partial charge >= 0.3 is 0 Å². The number of nitrogens with zero attached hydrogens (tertiary/aromatic N) is 2. The van der Waals surface area contributed by atoms with E-state index in [4.69, 9.17) is 4.74 Å². The summed E-state index contributed by atoms with van der Waals surface area (Å²) in [5, 5.41) is 0. The molecule has 1 amide bonds. The van der Waals surface area contributed by atoms with Gasteiger partial charge in [-0.3, -0.25) is 9.69 Å². The normalized spacial score (nSPS) is 28.0. The predicted octanol–water partition coefficient (Wildman–Crippen LogP) is 1.72. The lowest BCUT2D eigenvalue weighted by Gasteiger charge is -2.36. The molecule has 0 radical (unpaired) electrons. The lowest BCUT2D eigenvalue weighted by molar-refractivity contribution is -0.139. The lowest BCUT2D eigenvalue weighted by atomic mass is 9.95. The second-order valence-corrected chi connectivity index (χ2v) is 7.36. The zero-order valence-corrected chi connectivity index (χ0v) is 13.9. The van der Waals surface area contributed by atoms with E-state index in [1.165, 1.54) is 30.4 Å². The highest BCUT2D eigenvalue weighted by Gasteiger charge is 2.39. The molecule has 0 N–H and O–H groups in total. The molecule has 1 aliphatic carbocycles. The third-order valence-electron chi connectivity index (χ3n) is 5.88. The van der Waals surface area contributed by atoms with Crippen LogP contribution in [0.25, 0.3) is 0 Å². The van der Waals surface area contributed by atoms with Gasteiger partial charge in [-0.1, -0.05) is 24.3 Å². The molecule has 3 heterocycles. The minimum absolute atomic E-state index is 0.166. The molecule has 2 atom stereocenters. The highest BCUT2D eigenvalue weighted by molar-refractivity contribution is 5.78. The molecule has 4 nitrogen and oxygen atoms in total. The van der Waals surface area contributed by atoms with Crippen molar-refractivity contribution < 1.29 is 9.53 Å². The van der Waals surface area contributed by atoms with Gasteiger partial charge in [-0.15, -0.1) is 0 Å². The van der Waals surface area contributed by atoms with Crippen LogP contribution in [0.15, 0.2) is 24.3 Å². The van der Waals surface area contributed by atoms with Crippen LogP contribution < -0.4 is 0 Å². The lowest BCUT2D eigenvalue weighted by Crippen LogP contribution is -2.49. The predicted molar refractivity (Wildman–Crippen MR) is 89.3 cm³/mol. The molecule has 124 valence electrons. The number of carbonyl (C=O) groups is 1. The van der Waals surface area contributed by atoms with E-state index in [-0.39, 0.29) is 12.5 Å². The van der Waals surface area contributed by atoms with E-state index in [1.54, 1.807) is 7.11 Å². The van der Waals surface area contributed by atoms with Gasteiger partial charge < -0.3 is 9.64 Å². The Kier molecular flexibility index (Phi) is 4.12. The summed E-state index contributed by atoms with van der Waals surface area (Å²) in [6.07, 6.45) is 4.75. The quantitative estimate of drug-likeness (QED) is 0.852. The Labute approximate surface area is 138 Å². The maximum Gasteiger partial charge on any atom is 0.248 e. The van der Waals surface area contributed by atoms with Crippen LogP contribution in [0.3, 0.4) is 0 Å². The fraction of sp³-hybridized carbons (Fsp3) is 0.632. The van der Waals surface area contributed by atoms with Crippen LogP contribution in [0, 0.1) is 5.92 Å². The van der Waals surface area contributed by atoms with Crippen molar-refractivity contribution in [3.05, 3.63) is 35.4 Å². The Morgan fingerprint density at radius 3 is 2.52 bits per heavy atom. The van der Waals surface area contributed by atoms with Crippen molar-refractivity contribution in [1.82, 2.24) is 9.80 Å². The zero-order chi connectivity index (χ0) is 15.8. The summed E-state index contributed by atoms with van der Waals surface area (Å²) in [7, 11) is 1.61. The van der Waals surface area contributed by atoms with Crippen molar-refractivity contribution in [2.45, 2.75) is 37.8 Å². The number of hydrogen-bond donors (Lipinski definition) is 0. The molecule has 0 spiro atoms. The van der Waals surface area contributed by atoms with Crippen molar-refractivity contribution in [3.8, 4) is 0 Å². The van der Waals surface area contributed by atoms with Crippen molar-refractivity contribution in [2.24, 2.45) is 5.92 Å². The Bertz CT molecular complexity index is 563. The highest BCUT2D eigenvalue weighted by Crippen LogP contribution is 2.33. The van der Waals surface area contributed by atoms with Crippen LogP contribution in [-0.2, 0) is 22.4 Å². The highest BCUT2D eigenvalue weighted by atomic mass is 16.5. The van der Waals surface area contributed by atoms with Gasteiger partial charge in [-0.2, -0.15) is 0 Å². The van der Waals surface area contributed by atoms with Crippen molar-refractivity contribution in [2.75, 3.05) is 33.4 Å². The topological polar surface area (TPSA) is 32.8 Å². The minimum atomic E-state index is 0.166. The largest absolute Gasteiger partial charge is 0.375 e. The van der Waals surface area contributed by atoms with Crippen LogP contribution in [0.5, 0.6) is 0 Å². The summed E-state index contributed by atoms with van der Waals surface area (Å²) in [5.74, 6) is 0.789. The van der Waals surface area contributed by atoms with Gasteiger partial charge in [0, 0.05) is 38.8 Å². The summed E-state index contributed by atoms with van der Waals surface area (Å²) in [4.78, 5) is 17.1. The number of ether oxygens (including phenoxy) is 1. The monoisotopic (exact) mass is 314 g/mol. The molecule has 3 aliphatic heterocycles. The first kappa shape index (κ1) is 15.2. The Morgan fingerprint density at radius 2 is 1.83 bits per heavy atom. The molecule has 4 heteroatoms. The second-order valence-electron chi connectivity index (χ2n) is 7.36. The van der Waals surface area contributed by atoms with Gasteiger partial charge in [-0.05, 0) is 42.7 Å². The number of fused-ring (bicyclic) bond motifs is 5. The van der Waals surface area contributed by atoms with E-state index < -0.39 is 0 Å². The van der Waals surface area contributed by atoms with Crippen LogP contribution in [0.4, 0.5) is 0 Å². The fourth-order valence-corrected chi connectivity index (χ4v) is 4.72. The Hall–Kier alpha value is -1.39. The van der Waals surface area contributed by atoms with E-state index >= 15 is 0 Å². The van der Waals surface area contributed by atoms with Gasteiger partial charge in [-0.25, -0.2) is 0 Å². The minimum Gasteiger partial charge on any atom is -0.375 e. The molecule has 1 aromatic rings. The van der Waals surface area contributed by atoms with Gasteiger partial charge in [0.1, 0.15) is 6.61 Å². The number of rotatable bonds is 3. The Balaban J connectivity index is 1.48. The summed E-state index contributed by atoms with van der Waals surface area (Å²) < 4.78 is 5.07. The third kappa shape index (κ3) is 2.90. The zero-order valence-electron chi connectivity index (χ0n) is 13.9. The van der Waals surface area contributed by atoms with Crippen LogP contribution >= 0.6 is 0 Å². The molecular formula is C19H26N2O2. The SMILES string of the molecule is COCC(=O)N1C[C@H]2CC[C@@H]1CN(C1Cc3ccccc3C1)C2. The summed E-state index contributed by atoms with van der Waals surface area (Å²) in [6.45, 7) is 3.32. The average molecular weight is 314 g/mol. The summed E-state index contributed by atoms with van der Waals surface area (Å²) >= 11 is 0. The molecule has 5 rings (SSSR count). The third-order valence-corrected chi connectivity index (χ3v) is 5.88. The number of hydrogen-bond acceptors (Lipinski definition) is 3. The van der Waals surface area contributed by atoms with E-state index in [0.29, 0.717) is 18.0 Å². The van der Waals surface area contributed by atoms with Crippen LogP contribution in [-0.4, -0.2) is 61.1 Å². The summed E-state index contributed by atoms with van der Waals surface area (Å²) in [6, 6.07) is 9.84. The maximum absolute atomic E-state index is 12.3. The number of methoxy groups -OCH3 is 1. The number of carbonyl (C=O) groups excluding carboxylic acids is 1. The maximum atomic E-state index is 12.3. The number of benzene rings is 1. The molecule has 3 saturated heterocycles. The molecule has 0 aromatic heterocycles. The van der Waals surface area contributed by atoms with E-state index in [0.717, 1.165) is 26.1 Å². The van der Waals surface area contributed by atoms with Crippen molar-refractivity contribution >= 4 is 5.91 Å². The molecule has 0 unspecified atom stereocenters. The molecule has 3 fully saturated rings. The summed E-state index contributed by atoms with van der Waals surface area (Å²) in [5.41, 5.74) is 3.03. The van der Waals surface area contributed by atoms with Gasteiger partial charge in [0.15, 0.2) is 0 Å². The molecular weight excluding hydrogens is 288 g/mol. The molecule has 2 bridgehead atoms. The average Bonchev–Trinajstić information content (AvgIpc) is 2.78. The molecule has 23 heavy (non-hydrogen) atoms. The van der Waals surface area contributed by atoms with Gasteiger partial charge in [0.25, 0.3) is 0 Å². The molecule has 4 aliphatic rings. The van der Waals surface area contributed by atoms with Crippen molar-refractivity contribution in [1.29, 1.82) is 0 Å². The van der Waals surface area contributed by atoms with E-state index in [9.17, 15) is 4.79 Å². The number of piperidine rings is 1. The second kappa shape index (κ2) is 6.25. The first-order chi connectivity index (χ1) is 11.2. The Morgan fingerprint density at radius 1 is 1.09 bits per heavy atom. The standard InChI is InChI=1S/C19H26N2O2/c1-23-13-19(22)21-11-14-6-7-17(21)12-20(10-14)18-8-15-4-2-3-5-16(15)9-18/h2-5,14,17-18H,6-13H2,1H3/t14-,17+/m0/s1. The van der Waals surface area contributed by atoms with Crippen molar-refractivity contribution in [3.63, 3.8) is 0 Å². The molecule has 0 saturated carbocycles. The number of amides is 1. The molecule has 1 aromatic carbocycles. The van der Waals surface area contributed by atoms with Gasteiger partial charge in [0.05, 0.1) is 0 Å². The van der Waals surface area contributed by atoms with Crippen LogP contribution in [0.2, 0.25) is 0 Å². The first-order valence-corrected chi connectivity index (χ1v) is 8.84. The van der Waals surface area contributed by atoms with Gasteiger partial charge in [0.2, 0.25) is 5.91 Å². The van der Waals surface area contributed by atoms with E-state index in [2.05, 4.69) is 34.1 Å². The smallest absolute Gasteiger partial charge is 0.248 e. The van der Waals surface area contributed by atoms with E-state index in [1.807, 2.05) is 0 Å². The van der Waals surface area contributed by atoms with Crippen LogP contribution in [0.1, 0.15) is 24.0 Å². The fourth-order valence-electron chi connectivity index (χ4n) is 4.72. The first-order valence-electron chi connectivity index (χ1n) is 8.84.